The van der Waals surface area contributed by atoms with Crippen LogP contribution in [0.4, 0.5) is 0 Å². The van der Waals surface area contributed by atoms with Gasteiger partial charge in [-0.15, -0.1) is 0 Å². The monoisotopic (exact) mass is 444 g/mol. The number of piperidine rings is 1. The van der Waals surface area contributed by atoms with Crippen LogP contribution in [0, 0.1) is 5.92 Å². The van der Waals surface area contributed by atoms with Crippen LogP contribution in [-0.4, -0.2) is 41.3 Å². The molecule has 0 bridgehead atoms. The molecule has 1 fully saturated rings. The Labute approximate surface area is 154 Å². The Morgan fingerprint density at radius 2 is 1.91 bits per heavy atom. The van der Waals surface area contributed by atoms with E-state index in [0.717, 1.165) is 30.4 Å². The van der Waals surface area contributed by atoms with Gasteiger partial charge in [0.25, 0.3) is 0 Å². The van der Waals surface area contributed by atoms with Crippen molar-refractivity contribution >= 4 is 44.0 Å². The topological polar surface area (TPSA) is 52.9 Å². The number of hydrogen-bond acceptors (Lipinski definition) is 3. The van der Waals surface area contributed by atoms with Crippen molar-refractivity contribution in [1.82, 2.24) is 4.90 Å². The van der Waals surface area contributed by atoms with Gasteiger partial charge in [0.2, 0.25) is 5.91 Å². The van der Waals surface area contributed by atoms with Crippen molar-refractivity contribution < 1.29 is 9.90 Å². The van der Waals surface area contributed by atoms with Crippen molar-refractivity contribution in [1.29, 1.82) is 0 Å². The average Bonchev–Trinajstić information content (AvgIpc) is 2.52. The quantitative estimate of drug-likeness (QED) is 0.699. The predicted molar refractivity (Wildman–Crippen MR) is 100 cm³/mol. The van der Waals surface area contributed by atoms with Crippen molar-refractivity contribution in [2.24, 2.45) is 10.9 Å². The lowest BCUT2D eigenvalue weighted by Crippen LogP contribution is -2.43. The number of likely N-dealkylation sites (tertiary alicyclic amines) is 1. The smallest absolute Gasteiger partial charge is 0.247 e. The van der Waals surface area contributed by atoms with E-state index in [4.69, 9.17) is 0 Å². The minimum absolute atomic E-state index is 0.0875. The van der Waals surface area contributed by atoms with Gasteiger partial charge < -0.3 is 10.0 Å². The number of carbonyl (C=O) groups is 1. The molecule has 1 atom stereocenters. The van der Waals surface area contributed by atoms with Crippen LogP contribution in [-0.2, 0) is 4.79 Å². The van der Waals surface area contributed by atoms with Crippen LogP contribution < -0.4 is 0 Å². The number of rotatable bonds is 4. The molecule has 0 aromatic heterocycles. The van der Waals surface area contributed by atoms with Gasteiger partial charge in [0.1, 0.15) is 11.8 Å². The summed E-state index contributed by atoms with van der Waals surface area (Å²) in [7, 11) is 0. The van der Waals surface area contributed by atoms with E-state index in [1.54, 1.807) is 18.3 Å². The van der Waals surface area contributed by atoms with Crippen LogP contribution in [0.15, 0.2) is 26.1 Å². The maximum atomic E-state index is 12.7. The number of phenols is 1. The fourth-order valence-corrected chi connectivity index (χ4v) is 3.93. The molecule has 0 radical (unpaired) electrons. The number of hydrogen-bond donors (Lipinski definition) is 1. The van der Waals surface area contributed by atoms with Gasteiger partial charge in [-0.1, -0.05) is 29.8 Å². The van der Waals surface area contributed by atoms with Gasteiger partial charge in [0, 0.05) is 29.3 Å². The lowest BCUT2D eigenvalue weighted by Gasteiger charge is -2.30. The molecular formula is C17H22Br2N2O2. The van der Waals surface area contributed by atoms with Crippen LogP contribution >= 0.6 is 31.9 Å². The minimum atomic E-state index is -0.412. The molecule has 0 unspecified atom stereocenters. The number of benzene rings is 1. The Morgan fingerprint density at radius 1 is 1.26 bits per heavy atom. The van der Waals surface area contributed by atoms with E-state index in [2.05, 4.69) is 36.9 Å². The molecule has 1 aromatic carbocycles. The van der Waals surface area contributed by atoms with Gasteiger partial charge in [-0.25, -0.2) is 0 Å². The molecule has 1 aromatic rings. The number of nitrogens with zero attached hydrogens (tertiary/aromatic N) is 2. The molecule has 1 aliphatic rings. The fourth-order valence-electron chi connectivity index (χ4n) is 2.67. The second-order valence-electron chi connectivity index (χ2n) is 6.18. The number of amides is 1. The highest BCUT2D eigenvalue weighted by molar-refractivity contribution is 9.11. The number of phenolic OH excluding ortho intramolecular Hbond substituents is 1. The molecule has 1 N–H and O–H groups in total. The van der Waals surface area contributed by atoms with E-state index in [0.29, 0.717) is 10.0 Å². The van der Waals surface area contributed by atoms with Crippen LogP contribution in [0.5, 0.6) is 5.75 Å². The van der Waals surface area contributed by atoms with Crippen LogP contribution in [0.3, 0.4) is 0 Å². The number of aromatic hydroxyl groups is 1. The Kier molecular flexibility index (Phi) is 6.65. The van der Waals surface area contributed by atoms with Crippen LogP contribution in [0.25, 0.3) is 0 Å². The van der Waals surface area contributed by atoms with Gasteiger partial charge in [-0.3, -0.25) is 9.79 Å². The summed E-state index contributed by atoms with van der Waals surface area (Å²) in [5, 5.41) is 10.1. The first-order valence-electron chi connectivity index (χ1n) is 7.90. The molecule has 2 rings (SSSR count). The summed E-state index contributed by atoms with van der Waals surface area (Å²) in [6.07, 6.45) is 4.93. The Balaban J connectivity index is 2.20. The lowest BCUT2D eigenvalue weighted by atomic mass is 10.0. The minimum Gasteiger partial charge on any atom is -0.506 e. The molecule has 4 nitrogen and oxygen atoms in total. The van der Waals surface area contributed by atoms with Crippen molar-refractivity contribution in [3.63, 3.8) is 0 Å². The number of halogens is 2. The standard InChI is InChI=1S/C17H22Br2N2O2/c1-11(2)15(17(23)21-6-4-3-5-7-21)20-10-12-8-13(18)9-14(19)16(12)22/h8-11,15,22H,3-7H2,1-2H3/t15-/m0/s1. The zero-order valence-electron chi connectivity index (χ0n) is 13.4. The summed E-state index contributed by atoms with van der Waals surface area (Å²) in [5.74, 6) is 0.327. The maximum absolute atomic E-state index is 12.7. The Hall–Kier alpha value is -0.880. The van der Waals surface area contributed by atoms with E-state index in [1.807, 2.05) is 18.7 Å². The number of aliphatic imine (C=N–C) groups is 1. The Bertz CT molecular complexity index is 597. The summed E-state index contributed by atoms with van der Waals surface area (Å²) >= 11 is 6.70. The molecule has 1 aliphatic heterocycles. The molecule has 0 aliphatic carbocycles. The van der Waals surface area contributed by atoms with Gasteiger partial charge in [-0.05, 0) is 53.2 Å². The molecule has 23 heavy (non-hydrogen) atoms. The Morgan fingerprint density at radius 3 is 2.52 bits per heavy atom. The van der Waals surface area contributed by atoms with E-state index in [9.17, 15) is 9.90 Å². The summed E-state index contributed by atoms with van der Waals surface area (Å²) in [6.45, 7) is 5.65. The van der Waals surface area contributed by atoms with Crippen LogP contribution in [0.2, 0.25) is 0 Å². The van der Waals surface area contributed by atoms with Gasteiger partial charge >= 0.3 is 0 Å². The van der Waals surface area contributed by atoms with E-state index < -0.39 is 6.04 Å². The normalized spacial score (nSPS) is 17.0. The highest BCUT2D eigenvalue weighted by Crippen LogP contribution is 2.30. The molecule has 1 saturated heterocycles. The third kappa shape index (κ3) is 4.80. The summed E-state index contributed by atoms with van der Waals surface area (Å²) in [5.41, 5.74) is 0.586. The predicted octanol–water partition coefficient (Wildman–Crippen LogP) is 4.37. The SMILES string of the molecule is CC(C)[C@H](N=Cc1cc(Br)cc(Br)c1O)C(=O)N1CCCCC1. The van der Waals surface area contributed by atoms with Crippen molar-refractivity contribution in [3.8, 4) is 5.75 Å². The zero-order chi connectivity index (χ0) is 17.0. The summed E-state index contributed by atoms with van der Waals surface area (Å²) < 4.78 is 1.43. The highest BCUT2D eigenvalue weighted by Gasteiger charge is 2.27. The second kappa shape index (κ2) is 8.29. The largest absolute Gasteiger partial charge is 0.506 e. The fraction of sp³-hybridized carbons (Fsp3) is 0.529. The third-order valence-corrected chi connectivity index (χ3v) is 5.05. The summed E-state index contributed by atoms with van der Waals surface area (Å²) in [6, 6.07) is 3.14. The van der Waals surface area contributed by atoms with E-state index in [1.165, 1.54) is 6.42 Å². The van der Waals surface area contributed by atoms with Gasteiger partial charge in [-0.2, -0.15) is 0 Å². The molecule has 0 saturated carbocycles. The highest BCUT2D eigenvalue weighted by atomic mass is 79.9. The molecular weight excluding hydrogens is 424 g/mol. The molecule has 126 valence electrons. The molecule has 1 heterocycles. The zero-order valence-corrected chi connectivity index (χ0v) is 16.6. The molecule has 6 heteroatoms. The first-order valence-corrected chi connectivity index (χ1v) is 9.48. The van der Waals surface area contributed by atoms with Crippen molar-refractivity contribution in [2.45, 2.75) is 39.2 Å². The summed E-state index contributed by atoms with van der Waals surface area (Å²) in [4.78, 5) is 19.1. The third-order valence-electron chi connectivity index (χ3n) is 3.98. The molecule has 0 spiro atoms. The van der Waals surface area contributed by atoms with Gasteiger partial charge in [0.15, 0.2) is 0 Å². The average molecular weight is 446 g/mol. The van der Waals surface area contributed by atoms with Crippen LogP contribution in [0.1, 0.15) is 38.7 Å². The van der Waals surface area contributed by atoms with Gasteiger partial charge in [0.05, 0.1) is 4.47 Å². The van der Waals surface area contributed by atoms with Crippen molar-refractivity contribution in [2.75, 3.05) is 13.1 Å². The molecule has 1 amide bonds. The number of carbonyl (C=O) groups excluding carboxylic acids is 1. The van der Waals surface area contributed by atoms with E-state index in [-0.39, 0.29) is 17.6 Å². The van der Waals surface area contributed by atoms with E-state index >= 15 is 0 Å². The second-order valence-corrected chi connectivity index (χ2v) is 7.95. The maximum Gasteiger partial charge on any atom is 0.247 e. The first-order chi connectivity index (χ1) is 10.9. The lowest BCUT2D eigenvalue weighted by molar-refractivity contribution is -0.134. The first kappa shape index (κ1) is 18.5. The van der Waals surface area contributed by atoms with Crippen molar-refractivity contribution in [3.05, 3.63) is 26.6 Å².